The van der Waals surface area contributed by atoms with Crippen molar-refractivity contribution in [3.05, 3.63) is 113 Å². The Balaban J connectivity index is 1.56. The van der Waals surface area contributed by atoms with Crippen molar-refractivity contribution in [2.24, 2.45) is 0 Å². The third-order valence-corrected chi connectivity index (χ3v) is 9.88. The number of aromatic nitrogens is 4. The van der Waals surface area contributed by atoms with Gasteiger partial charge in [-0.1, -0.05) is 0 Å². The van der Waals surface area contributed by atoms with Gasteiger partial charge < -0.3 is 42.1 Å². The average molecular weight is 725 g/mol. The Hall–Kier alpha value is -7.88. The molecule has 2 heterocycles. The summed E-state index contributed by atoms with van der Waals surface area (Å²) >= 11 is 0. The molecule has 0 bridgehead atoms. The number of hydrogen-bond donors (Lipinski definition) is 8. The lowest BCUT2D eigenvalue weighted by atomic mass is 9.82. The van der Waals surface area contributed by atoms with Crippen molar-refractivity contribution in [2.45, 2.75) is 13.1 Å². The van der Waals surface area contributed by atoms with E-state index in [1.54, 1.807) is 0 Å². The third kappa shape index (κ3) is 4.30. The van der Waals surface area contributed by atoms with Crippen molar-refractivity contribution in [1.82, 2.24) is 19.1 Å². The topological polar surface area (TPSA) is 277 Å². The minimum Gasteiger partial charge on any atom is -0.507 e. The molecule has 10 N–H and O–H groups in total. The Morgan fingerprint density at radius 2 is 0.833 bits per heavy atom. The predicted molar refractivity (Wildman–Crippen MR) is 200 cm³/mol. The van der Waals surface area contributed by atoms with Crippen molar-refractivity contribution in [2.75, 3.05) is 11.5 Å². The van der Waals surface area contributed by atoms with Crippen LogP contribution >= 0.6 is 0 Å². The first kappa shape index (κ1) is 32.1. The van der Waals surface area contributed by atoms with Gasteiger partial charge >= 0.3 is 11.4 Å². The van der Waals surface area contributed by atoms with E-state index < -0.39 is 56.7 Å². The first-order valence-corrected chi connectivity index (χ1v) is 16.1. The van der Waals surface area contributed by atoms with Crippen LogP contribution in [0.3, 0.4) is 0 Å². The summed E-state index contributed by atoms with van der Waals surface area (Å²) in [6.07, 6.45) is 2.76. The fourth-order valence-electron chi connectivity index (χ4n) is 7.76. The Bertz CT molecular complexity index is 3190. The van der Waals surface area contributed by atoms with Gasteiger partial charge in [-0.25, -0.2) is 9.59 Å². The van der Waals surface area contributed by atoms with Crippen LogP contribution in [-0.4, -0.2) is 49.7 Å². The molecule has 2 aromatic heterocycles. The quantitative estimate of drug-likeness (QED) is 0.0958. The average Bonchev–Trinajstić information content (AvgIpc) is 3.09. The molecule has 54 heavy (non-hydrogen) atoms. The molecule has 0 saturated carbocycles. The zero-order valence-electron chi connectivity index (χ0n) is 27.4. The highest BCUT2D eigenvalue weighted by molar-refractivity contribution is 6.46. The molecule has 16 heteroatoms. The van der Waals surface area contributed by atoms with Gasteiger partial charge in [0.25, 0.3) is 0 Å². The summed E-state index contributed by atoms with van der Waals surface area (Å²) in [5, 5.41) is 67.6. The number of hydrogen-bond acceptors (Lipinski definition) is 14. The highest BCUT2D eigenvalue weighted by atomic mass is 16.3. The Morgan fingerprint density at radius 1 is 0.463 bits per heavy atom. The molecule has 0 radical (unpaired) electrons. The monoisotopic (exact) mass is 724 g/mol. The summed E-state index contributed by atoms with van der Waals surface area (Å²) in [6.45, 7) is -0.367. The Kier molecular flexibility index (Phi) is 6.42. The summed E-state index contributed by atoms with van der Waals surface area (Å²) in [7, 11) is 0. The third-order valence-electron chi connectivity index (χ3n) is 9.88. The molecule has 0 amide bonds. The van der Waals surface area contributed by atoms with Gasteiger partial charge in [-0.2, -0.15) is 9.97 Å². The van der Waals surface area contributed by atoms with Gasteiger partial charge in [-0.15, -0.1) is 0 Å². The van der Waals surface area contributed by atoms with Crippen molar-refractivity contribution in [3.63, 3.8) is 0 Å². The molecule has 9 aromatic rings. The number of nitrogens with two attached hydrogens (primary N) is 2. The summed E-state index contributed by atoms with van der Waals surface area (Å²) < 4.78 is 2.38. The number of phenolic OH excluding ortho intramolecular Hbond substituents is 6. The molecule has 0 aliphatic rings. The van der Waals surface area contributed by atoms with Gasteiger partial charge in [0.05, 0.1) is 34.6 Å². The second-order valence-electron chi connectivity index (χ2n) is 13.1. The fourth-order valence-corrected chi connectivity index (χ4v) is 7.76. The predicted octanol–water partition coefficient (Wildman–Crippen LogP) is 2.81. The van der Waals surface area contributed by atoms with Crippen LogP contribution in [0.2, 0.25) is 0 Å². The van der Waals surface area contributed by atoms with Gasteiger partial charge in [0.1, 0.15) is 46.1 Å². The van der Waals surface area contributed by atoms with Gasteiger partial charge in [0.15, 0.2) is 10.9 Å². The normalized spacial score (nSPS) is 12.0. The van der Waals surface area contributed by atoms with E-state index in [0.29, 0.717) is 0 Å². The maximum atomic E-state index is 14.0. The number of nitrogen functional groups attached to an aromatic ring is 2. The second-order valence-corrected chi connectivity index (χ2v) is 13.1. The van der Waals surface area contributed by atoms with Crippen molar-refractivity contribution in [3.8, 4) is 34.5 Å². The highest BCUT2D eigenvalue weighted by Crippen LogP contribution is 2.57. The standard InChI is InChI=1S/C38H24N6O10/c39-23-1-3-43(37(53)41-23)11-13-5-15-25(17(45)7-13)35(51)31-21(49)9-19(47)29-30-20(48)10-22(50)32-34(30)28(27(15)33(29)31)16-6-14(8-18(46)26(16)36(32)52)12-44-4-2-24(40)42-38(44)54/h1-10,47-52H,11-12H2,(H2,39,41,53)(H2,40,42,54). The molecule has 0 fully saturated rings. The summed E-state index contributed by atoms with van der Waals surface area (Å²) in [4.78, 5) is 60.8. The molecule has 16 nitrogen and oxygen atoms in total. The molecule has 0 aliphatic carbocycles. The molecule has 0 saturated heterocycles. The lowest BCUT2D eigenvalue weighted by Gasteiger charge is -2.22. The van der Waals surface area contributed by atoms with E-state index in [4.69, 9.17) is 11.5 Å². The van der Waals surface area contributed by atoms with Crippen LogP contribution in [0.25, 0.3) is 64.6 Å². The number of anilines is 2. The number of nitrogens with zero attached hydrogens (tertiary/aromatic N) is 4. The maximum Gasteiger partial charge on any atom is 0.349 e. The molecule has 0 unspecified atom stereocenters. The first-order chi connectivity index (χ1) is 25.7. The number of fused-ring (bicyclic) bond motifs is 6. The van der Waals surface area contributed by atoms with E-state index in [0.717, 1.165) is 12.1 Å². The number of aromatic hydroxyl groups is 6. The van der Waals surface area contributed by atoms with Crippen molar-refractivity contribution >= 4 is 76.3 Å². The van der Waals surface area contributed by atoms with E-state index in [2.05, 4.69) is 9.97 Å². The lowest BCUT2D eigenvalue weighted by Crippen LogP contribution is -2.24. The lowest BCUT2D eigenvalue weighted by molar-refractivity contribution is 0.450. The Morgan fingerprint density at radius 3 is 1.20 bits per heavy atom. The van der Waals surface area contributed by atoms with Gasteiger partial charge in [-0.3, -0.25) is 18.7 Å². The molecule has 9 rings (SSSR count). The van der Waals surface area contributed by atoms with Gasteiger partial charge in [0.2, 0.25) is 0 Å². The number of phenols is 6. The van der Waals surface area contributed by atoms with Gasteiger partial charge in [0, 0.05) is 46.1 Å². The highest BCUT2D eigenvalue weighted by Gasteiger charge is 2.30. The van der Waals surface area contributed by atoms with E-state index >= 15 is 0 Å². The fraction of sp³-hybridized carbons (Fsp3) is 0.0526. The zero-order chi connectivity index (χ0) is 38.1. The summed E-state index contributed by atoms with van der Waals surface area (Å²) in [5.41, 5.74) is 8.95. The van der Waals surface area contributed by atoms with E-state index in [1.165, 1.54) is 57.9 Å². The molecule has 0 aliphatic heterocycles. The SMILES string of the molecule is Nc1ccn(Cc2cc(=O)c3c(O)c4c(O)cc(O)c5c6c(O)cc(O)c7c(O)c8c(=O)cc(Cn9ccc(N)nc9=O)cc8c(c76)c(c3c2)c45)c(=O)n1. The van der Waals surface area contributed by atoms with Crippen molar-refractivity contribution in [1.29, 1.82) is 0 Å². The van der Waals surface area contributed by atoms with Crippen LogP contribution in [-0.2, 0) is 13.1 Å². The summed E-state index contributed by atoms with van der Waals surface area (Å²) in [5.74, 6) is -3.75. The van der Waals surface area contributed by atoms with Crippen LogP contribution in [0.1, 0.15) is 11.1 Å². The number of benzene rings is 7. The minimum atomic E-state index is -0.729. The van der Waals surface area contributed by atoms with Crippen LogP contribution in [0.15, 0.2) is 80.1 Å². The van der Waals surface area contributed by atoms with Crippen molar-refractivity contribution < 1.29 is 30.6 Å². The van der Waals surface area contributed by atoms with Crippen LogP contribution in [0, 0.1) is 0 Å². The Labute approximate surface area is 298 Å². The van der Waals surface area contributed by atoms with Crippen LogP contribution in [0.5, 0.6) is 34.5 Å². The van der Waals surface area contributed by atoms with E-state index in [9.17, 15) is 49.8 Å². The smallest absolute Gasteiger partial charge is 0.349 e. The van der Waals surface area contributed by atoms with Gasteiger partial charge in [-0.05, 0) is 69.1 Å². The van der Waals surface area contributed by atoms with E-state index in [1.807, 2.05) is 0 Å². The number of rotatable bonds is 4. The largest absolute Gasteiger partial charge is 0.507 e. The first-order valence-electron chi connectivity index (χ1n) is 16.1. The molecular formula is C38H24N6O10. The van der Waals surface area contributed by atoms with Crippen LogP contribution in [0.4, 0.5) is 11.6 Å². The minimum absolute atomic E-state index is 0.0183. The maximum absolute atomic E-state index is 14.0. The second kappa shape index (κ2) is 10.8. The molecular weight excluding hydrogens is 700 g/mol. The molecule has 7 aromatic carbocycles. The molecule has 0 atom stereocenters. The van der Waals surface area contributed by atoms with Crippen LogP contribution < -0.4 is 33.7 Å². The zero-order valence-corrected chi connectivity index (χ0v) is 27.4. The summed E-state index contributed by atoms with van der Waals surface area (Å²) in [6, 6.07) is 10.00. The molecule has 0 spiro atoms. The molecule has 266 valence electrons. The van der Waals surface area contributed by atoms with E-state index in [-0.39, 0.29) is 100 Å².